The zero-order valence-electron chi connectivity index (χ0n) is 17.1. The van der Waals surface area contributed by atoms with Crippen molar-refractivity contribution >= 4 is 22.2 Å². The molecule has 4 aromatic rings. The van der Waals surface area contributed by atoms with E-state index in [9.17, 15) is 0 Å². The molecule has 0 spiro atoms. The van der Waals surface area contributed by atoms with Gasteiger partial charge in [0.15, 0.2) is 0 Å². The van der Waals surface area contributed by atoms with E-state index < -0.39 is 0 Å². The molecule has 0 N–H and O–H groups in total. The second kappa shape index (κ2) is 9.25. The van der Waals surface area contributed by atoms with Gasteiger partial charge in [-0.05, 0) is 0 Å². The summed E-state index contributed by atoms with van der Waals surface area (Å²) in [5.41, 5.74) is 4.22. The minimum atomic E-state index is 0.718. The first kappa shape index (κ1) is 19.7. The molecule has 2 heterocycles. The summed E-state index contributed by atoms with van der Waals surface area (Å²) in [4.78, 5) is 12.5. The fourth-order valence-corrected chi connectivity index (χ4v) is 4.62. The normalized spacial score (nSPS) is 14.6. The molecule has 0 atom stereocenters. The van der Waals surface area contributed by atoms with Crippen molar-refractivity contribution in [3.8, 4) is 21.8 Å². The summed E-state index contributed by atoms with van der Waals surface area (Å²) >= 11 is 1.64. The monoisotopic (exact) mass is 425 g/mol. The van der Waals surface area contributed by atoms with Crippen molar-refractivity contribution in [1.82, 2.24) is 9.88 Å². The largest absolute Gasteiger partial charge is 0.378 e. The molecule has 0 aliphatic carbocycles. The molecule has 4 nitrogen and oxygen atoms in total. The van der Waals surface area contributed by atoms with E-state index >= 15 is 0 Å². The molecule has 3 aromatic carbocycles. The number of aromatic nitrogens is 1. The maximum atomic E-state index is 5.58. The molecule has 0 saturated carbocycles. The topological polar surface area (TPSA) is 37.7 Å². The first-order chi connectivity index (χ1) is 15.4. The van der Waals surface area contributed by atoms with Crippen molar-refractivity contribution in [3.05, 3.63) is 96.6 Å². The fourth-order valence-electron chi connectivity index (χ4n) is 3.65. The van der Waals surface area contributed by atoms with E-state index in [4.69, 9.17) is 14.7 Å². The predicted molar refractivity (Wildman–Crippen MR) is 128 cm³/mol. The summed E-state index contributed by atoms with van der Waals surface area (Å²) < 4.78 is 5.58. The van der Waals surface area contributed by atoms with Crippen molar-refractivity contribution in [2.24, 2.45) is 4.99 Å². The van der Waals surface area contributed by atoms with Gasteiger partial charge in [-0.15, -0.1) is 0 Å². The van der Waals surface area contributed by atoms with Crippen LogP contribution < -0.4 is 0 Å². The van der Waals surface area contributed by atoms with Crippen LogP contribution in [0.1, 0.15) is 5.56 Å². The molecule has 0 unspecified atom stereocenters. The van der Waals surface area contributed by atoms with Crippen LogP contribution in [-0.2, 0) is 4.74 Å². The van der Waals surface area contributed by atoms with Gasteiger partial charge in [-0.2, -0.15) is 0 Å². The average Bonchev–Trinajstić information content (AvgIpc) is 3.29. The Hall–Kier alpha value is -3.28. The molecular formula is C26H23N3OS. The lowest BCUT2D eigenvalue weighted by Crippen LogP contribution is -2.41. The first-order valence-electron chi connectivity index (χ1n) is 10.5. The third-order valence-corrected chi connectivity index (χ3v) is 6.23. The van der Waals surface area contributed by atoms with E-state index in [0.717, 1.165) is 64.5 Å². The van der Waals surface area contributed by atoms with Crippen LogP contribution in [0, 0.1) is 0 Å². The highest BCUT2D eigenvalue weighted by Gasteiger charge is 2.20. The Kier molecular flexibility index (Phi) is 5.87. The zero-order valence-corrected chi connectivity index (χ0v) is 18.0. The molecule has 0 radical (unpaired) electrons. The molecule has 1 aliphatic rings. The molecule has 31 heavy (non-hydrogen) atoms. The molecule has 1 fully saturated rings. The van der Waals surface area contributed by atoms with Crippen LogP contribution in [0.25, 0.3) is 21.8 Å². The molecule has 1 aromatic heterocycles. The molecule has 5 rings (SSSR count). The Morgan fingerprint density at radius 2 is 1.35 bits per heavy atom. The van der Waals surface area contributed by atoms with E-state index in [1.165, 1.54) is 0 Å². The minimum absolute atomic E-state index is 0.718. The molecule has 154 valence electrons. The maximum Gasteiger partial charge on any atom is 0.146 e. The summed E-state index contributed by atoms with van der Waals surface area (Å²) in [6.07, 6.45) is 0. The van der Waals surface area contributed by atoms with E-state index in [1.54, 1.807) is 11.3 Å². The van der Waals surface area contributed by atoms with Gasteiger partial charge in [0.05, 0.1) is 13.2 Å². The van der Waals surface area contributed by atoms with Crippen LogP contribution in [0.3, 0.4) is 0 Å². The fraction of sp³-hybridized carbons (Fsp3) is 0.154. The van der Waals surface area contributed by atoms with Gasteiger partial charge in [0, 0.05) is 29.8 Å². The summed E-state index contributed by atoms with van der Waals surface area (Å²) in [7, 11) is 0. The number of aliphatic imine (C=N–C) groups is 1. The van der Waals surface area contributed by atoms with Gasteiger partial charge in [-0.3, -0.25) is 0 Å². The number of thiazole rings is 1. The highest BCUT2D eigenvalue weighted by Crippen LogP contribution is 2.40. The zero-order chi connectivity index (χ0) is 20.9. The molecule has 0 bridgehead atoms. The number of nitrogens with zero attached hydrogens (tertiary/aromatic N) is 3. The lowest BCUT2D eigenvalue weighted by molar-refractivity contribution is 0.0683. The van der Waals surface area contributed by atoms with E-state index in [-0.39, 0.29) is 0 Å². The highest BCUT2D eigenvalue weighted by atomic mass is 32.1. The quantitative estimate of drug-likeness (QED) is 0.302. The van der Waals surface area contributed by atoms with Crippen molar-refractivity contribution in [2.45, 2.75) is 0 Å². The number of amidine groups is 1. The van der Waals surface area contributed by atoms with Crippen LogP contribution in [0.15, 0.2) is 96.0 Å². The van der Waals surface area contributed by atoms with E-state index in [1.807, 2.05) is 42.5 Å². The van der Waals surface area contributed by atoms with Crippen molar-refractivity contribution in [3.63, 3.8) is 0 Å². The number of hydrogen-bond acceptors (Lipinski definition) is 4. The van der Waals surface area contributed by atoms with Crippen LogP contribution in [0.5, 0.6) is 0 Å². The lowest BCUT2D eigenvalue weighted by Gasteiger charge is -2.30. The van der Waals surface area contributed by atoms with Crippen LogP contribution in [0.4, 0.5) is 5.00 Å². The standard InChI is InChI=1S/C26H23N3OS/c1-4-10-20(11-5-1)23-26(31-25(27-23)22-14-8-3-9-15-22)28-24(21-12-6-2-7-13-21)29-16-18-30-19-17-29/h1-15H,16-19H2. The Bertz CT molecular complexity index is 1150. The van der Waals surface area contributed by atoms with Crippen LogP contribution in [-0.4, -0.2) is 42.0 Å². The summed E-state index contributed by atoms with van der Waals surface area (Å²) in [6, 6.07) is 31.0. The smallest absolute Gasteiger partial charge is 0.146 e. The maximum absolute atomic E-state index is 5.58. The van der Waals surface area contributed by atoms with E-state index in [0.29, 0.717) is 0 Å². The van der Waals surface area contributed by atoms with Gasteiger partial charge in [0.25, 0.3) is 0 Å². The summed E-state index contributed by atoms with van der Waals surface area (Å²) in [5.74, 6) is 0.976. The SMILES string of the molecule is c1ccc(C(=Nc2sc(-c3ccccc3)nc2-c2ccccc2)N2CCOCC2)cc1. The van der Waals surface area contributed by atoms with Gasteiger partial charge in [-0.1, -0.05) is 102 Å². The van der Waals surface area contributed by atoms with Crippen molar-refractivity contribution in [2.75, 3.05) is 26.3 Å². The van der Waals surface area contributed by atoms with Crippen LogP contribution >= 0.6 is 11.3 Å². The molecular weight excluding hydrogens is 402 g/mol. The second-order valence-corrected chi connectivity index (χ2v) is 8.28. The predicted octanol–water partition coefficient (Wildman–Crippen LogP) is 5.89. The number of morpholine rings is 1. The third kappa shape index (κ3) is 4.43. The molecule has 5 heteroatoms. The number of benzene rings is 3. The minimum Gasteiger partial charge on any atom is -0.378 e. The Labute approximate surface area is 186 Å². The number of rotatable bonds is 4. The van der Waals surface area contributed by atoms with Gasteiger partial charge >= 0.3 is 0 Å². The van der Waals surface area contributed by atoms with Crippen molar-refractivity contribution < 1.29 is 4.74 Å². The van der Waals surface area contributed by atoms with E-state index in [2.05, 4.69) is 53.4 Å². The average molecular weight is 426 g/mol. The first-order valence-corrected chi connectivity index (χ1v) is 11.3. The Morgan fingerprint density at radius 1 is 0.774 bits per heavy atom. The molecule has 0 amide bonds. The highest BCUT2D eigenvalue weighted by molar-refractivity contribution is 7.19. The van der Waals surface area contributed by atoms with Gasteiger partial charge < -0.3 is 9.64 Å². The van der Waals surface area contributed by atoms with Gasteiger partial charge in [-0.25, -0.2) is 9.98 Å². The van der Waals surface area contributed by atoms with Gasteiger partial charge in [0.1, 0.15) is 21.5 Å². The number of hydrogen-bond donors (Lipinski definition) is 0. The van der Waals surface area contributed by atoms with Crippen molar-refractivity contribution in [1.29, 1.82) is 0 Å². The Morgan fingerprint density at radius 3 is 2.00 bits per heavy atom. The van der Waals surface area contributed by atoms with Gasteiger partial charge in [0.2, 0.25) is 0 Å². The van der Waals surface area contributed by atoms with Crippen LogP contribution in [0.2, 0.25) is 0 Å². The summed E-state index contributed by atoms with van der Waals surface area (Å²) in [5, 5.41) is 1.91. The third-order valence-electron chi connectivity index (χ3n) is 5.23. The number of ether oxygens (including phenoxy) is 1. The second-order valence-electron chi connectivity index (χ2n) is 7.31. The lowest BCUT2D eigenvalue weighted by atomic mass is 10.1. The summed E-state index contributed by atoms with van der Waals surface area (Å²) in [6.45, 7) is 3.10. The molecule has 1 aliphatic heterocycles. The Balaban J connectivity index is 1.66. The molecule has 1 saturated heterocycles.